The highest BCUT2D eigenvalue weighted by atomic mass is 16.4. The number of carboxylic acids is 1. The van der Waals surface area contributed by atoms with E-state index in [1.54, 1.807) is 11.9 Å². The minimum absolute atomic E-state index is 0.0582. The molecule has 0 radical (unpaired) electrons. The van der Waals surface area contributed by atoms with Gasteiger partial charge in [-0.2, -0.15) is 0 Å². The fourth-order valence-corrected chi connectivity index (χ4v) is 0.836. The fraction of sp³-hybridized carbons (Fsp3) is 0.222. The zero-order valence-corrected chi connectivity index (χ0v) is 7.64. The van der Waals surface area contributed by atoms with Gasteiger partial charge in [0, 0.05) is 19.4 Å². The normalized spacial score (nSPS) is 9.14. The third-order valence-electron chi connectivity index (χ3n) is 1.56. The number of carboxylic acid groups (broad SMARTS) is 1. The second-order valence-corrected chi connectivity index (χ2v) is 2.64. The molecule has 0 saturated carbocycles. The summed E-state index contributed by atoms with van der Waals surface area (Å²) in [6, 6.07) is 0. The van der Waals surface area contributed by atoms with Crippen molar-refractivity contribution in [3.05, 3.63) is 18.0 Å². The molecule has 0 aliphatic rings. The average Bonchev–Trinajstić information content (AvgIpc) is 2.18. The molecular formula is C9H9N3O2. The smallest absolute Gasteiger partial charge is 0.338 e. The standard InChI is InChI=1S/C9H9N3O2/c1-3-4-12(2)9-10-5-7(6-11-9)8(13)14/h1,5-6H,4H2,2H3,(H,13,14). The summed E-state index contributed by atoms with van der Waals surface area (Å²) in [5.41, 5.74) is 0.0582. The molecule has 5 heteroatoms. The minimum atomic E-state index is -1.05. The number of hydrogen-bond donors (Lipinski definition) is 1. The summed E-state index contributed by atoms with van der Waals surface area (Å²) in [5.74, 6) is 1.80. The van der Waals surface area contributed by atoms with E-state index in [1.165, 1.54) is 12.4 Å². The van der Waals surface area contributed by atoms with E-state index in [0.717, 1.165) is 0 Å². The highest BCUT2D eigenvalue weighted by molar-refractivity contribution is 5.86. The summed E-state index contributed by atoms with van der Waals surface area (Å²) >= 11 is 0. The van der Waals surface area contributed by atoms with Gasteiger partial charge in [0.15, 0.2) is 0 Å². The second-order valence-electron chi connectivity index (χ2n) is 2.64. The summed E-state index contributed by atoms with van der Waals surface area (Å²) < 4.78 is 0. The van der Waals surface area contributed by atoms with Gasteiger partial charge in [-0.15, -0.1) is 6.42 Å². The zero-order valence-electron chi connectivity index (χ0n) is 7.64. The molecule has 0 spiro atoms. The third-order valence-corrected chi connectivity index (χ3v) is 1.56. The summed E-state index contributed by atoms with van der Waals surface area (Å²) in [4.78, 5) is 19.8. The van der Waals surface area contributed by atoms with E-state index < -0.39 is 5.97 Å². The Morgan fingerprint density at radius 2 is 2.21 bits per heavy atom. The van der Waals surface area contributed by atoms with Crippen molar-refractivity contribution in [1.29, 1.82) is 0 Å². The van der Waals surface area contributed by atoms with Gasteiger partial charge in [-0.1, -0.05) is 5.92 Å². The van der Waals surface area contributed by atoms with Gasteiger partial charge in [0.1, 0.15) is 0 Å². The van der Waals surface area contributed by atoms with Gasteiger partial charge in [0.25, 0.3) is 0 Å². The van der Waals surface area contributed by atoms with Gasteiger partial charge in [-0.25, -0.2) is 14.8 Å². The van der Waals surface area contributed by atoms with Crippen LogP contribution in [0.4, 0.5) is 5.95 Å². The molecule has 0 unspecified atom stereocenters. The quantitative estimate of drug-likeness (QED) is 0.693. The third kappa shape index (κ3) is 2.20. The van der Waals surface area contributed by atoms with Crippen molar-refractivity contribution < 1.29 is 9.90 Å². The van der Waals surface area contributed by atoms with Crippen molar-refractivity contribution in [3.8, 4) is 12.3 Å². The van der Waals surface area contributed by atoms with E-state index in [-0.39, 0.29) is 5.56 Å². The average molecular weight is 191 g/mol. The first-order valence-corrected chi connectivity index (χ1v) is 3.85. The molecule has 5 nitrogen and oxygen atoms in total. The molecule has 0 bridgehead atoms. The molecule has 0 aliphatic carbocycles. The van der Waals surface area contributed by atoms with Crippen LogP contribution >= 0.6 is 0 Å². The molecule has 1 aromatic rings. The Morgan fingerprint density at radius 1 is 1.64 bits per heavy atom. The topological polar surface area (TPSA) is 66.3 Å². The number of rotatable bonds is 3. The Kier molecular flexibility index (Phi) is 3.02. The molecular weight excluding hydrogens is 182 g/mol. The molecule has 14 heavy (non-hydrogen) atoms. The number of anilines is 1. The lowest BCUT2D eigenvalue weighted by Crippen LogP contribution is -2.19. The summed E-state index contributed by atoms with van der Waals surface area (Å²) in [7, 11) is 1.73. The zero-order chi connectivity index (χ0) is 10.6. The van der Waals surface area contributed by atoms with Gasteiger partial charge in [-0.3, -0.25) is 0 Å². The minimum Gasteiger partial charge on any atom is -0.478 e. The van der Waals surface area contributed by atoms with Crippen LogP contribution in [-0.4, -0.2) is 34.6 Å². The van der Waals surface area contributed by atoms with E-state index in [0.29, 0.717) is 12.5 Å². The van der Waals surface area contributed by atoms with Crippen LogP contribution in [0, 0.1) is 12.3 Å². The lowest BCUT2D eigenvalue weighted by Gasteiger charge is -2.12. The van der Waals surface area contributed by atoms with Crippen molar-refractivity contribution in [2.45, 2.75) is 0 Å². The Morgan fingerprint density at radius 3 is 2.64 bits per heavy atom. The Bertz CT molecular complexity index is 367. The number of terminal acetylenes is 1. The van der Waals surface area contributed by atoms with E-state index in [9.17, 15) is 4.79 Å². The molecule has 1 N–H and O–H groups in total. The molecule has 72 valence electrons. The number of aromatic nitrogens is 2. The SMILES string of the molecule is C#CCN(C)c1ncc(C(=O)O)cn1. The van der Waals surface area contributed by atoms with Crippen LogP contribution in [0.15, 0.2) is 12.4 Å². The van der Waals surface area contributed by atoms with Crippen LogP contribution in [0.3, 0.4) is 0 Å². The van der Waals surface area contributed by atoms with Crippen LogP contribution in [0.5, 0.6) is 0 Å². The number of carbonyl (C=O) groups is 1. The largest absolute Gasteiger partial charge is 0.478 e. The van der Waals surface area contributed by atoms with E-state index in [1.807, 2.05) is 0 Å². The molecule has 0 amide bonds. The van der Waals surface area contributed by atoms with Crippen molar-refractivity contribution in [2.75, 3.05) is 18.5 Å². The summed E-state index contributed by atoms with van der Waals surface area (Å²) in [6.45, 7) is 0.381. The highest BCUT2D eigenvalue weighted by Crippen LogP contribution is 2.03. The van der Waals surface area contributed by atoms with Crippen LogP contribution in [0.25, 0.3) is 0 Å². The van der Waals surface area contributed by atoms with Crippen LogP contribution in [-0.2, 0) is 0 Å². The summed E-state index contributed by atoms with van der Waals surface area (Å²) in [6.07, 6.45) is 7.60. The maximum absolute atomic E-state index is 10.5. The Labute approximate surface area is 81.4 Å². The number of aromatic carboxylic acids is 1. The van der Waals surface area contributed by atoms with Crippen molar-refractivity contribution in [1.82, 2.24) is 9.97 Å². The van der Waals surface area contributed by atoms with Crippen molar-refractivity contribution >= 4 is 11.9 Å². The molecule has 0 saturated heterocycles. The van der Waals surface area contributed by atoms with Gasteiger partial charge in [-0.05, 0) is 0 Å². The van der Waals surface area contributed by atoms with Crippen LogP contribution in [0.1, 0.15) is 10.4 Å². The molecule has 1 aromatic heterocycles. The van der Waals surface area contributed by atoms with E-state index in [4.69, 9.17) is 11.5 Å². The Hall–Kier alpha value is -2.09. The van der Waals surface area contributed by atoms with Crippen LogP contribution < -0.4 is 4.90 Å². The first-order chi connectivity index (χ1) is 6.65. The summed E-state index contributed by atoms with van der Waals surface area (Å²) in [5, 5.41) is 8.59. The van der Waals surface area contributed by atoms with Gasteiger partial charge in [0.2, 0.25) is 5.95 Å². The maximum atomic E-state index is 10.5. The molecule has 0 aliphatic heterocycles. The van der Waals surface area contributed by atoms with E-state index >= 15 is 0 Å². The molecule has 1 heterocycles. The van der Waals surface area contributed by atoms with Crippen LogP contribution in [0.2, 0.25) is 0 Å². The van der Waals surface area contributed by atoms with Gasteiger partial charge < -0.3 is 10.0 Å². The first-order valence-electron chi connectivity index (χ1n) is 3.85. The molecule has 0 fully saturated rings. The number of nitrogens with zero attached hydrogens (tertiary/aromatic N) is 3. The lowest BCUT2D eigenvalue weighted by atomic mass is 10.3. The highest BCUT2D eigenvalue weighted by Gasteiger charge is 2.06. The van der Waals surface area contributed by atoms with Gasteiger partial charge in [0.05, 0.1) is 12.1 Å². The number of hydrogen-bond acceptors (Lipinski definition) is 4. The molecule has 0 atom stereocenters. The predicted molar refractivity (Wildman–Crippen MR) is 51.1 cm³/mol. The second kappa shape index (κ2) is 4.23. The maximum Gasteiger partial charge on any atom is 0.338 e. The molecule has 0 aromatic carbocycles. The Balaban J connectivity index is 2.84. The van der Waals surface area contributed by atoms with Crippen molar-refractivity contribution in [3.63, 3.8) is 0 Å². The van der Waals surface area contributed by atoms with Gasteiger partial charge >= 0.3 is 5.97 Å². The lowest BCUT2D eigenvalue weighted by molar-refractivity contribution is 0.0696. The fourth-order valence-electron chi connectivity index (χ4n) is 0.836. The predicted octanol–water partition coefficient (Wildman–Crippen LogP) is 0.244. The monoisotopic (exact) mass is 191 g/mol. The van der Waals surface area contributed by atoms with Crippen molar-refractivity contribution in [2.24, 2.45) is 0 Å². The van der Waals surface area contributed by atoms with E-state index in [2.05, 4.69) is 15.9 Å². The first kappa shape index (κ1) is 9.99. The molecule has 1 rings (SSSR count).